The lowest BCUT2D eigenvalue weighted by Gasteiger charge is -2.15. The van der Waals surface area contributed by atoms with Crippen LogP contribution in [0.1, 0.15) is 11.1 Å². The number of nitrogens with zero attached hydrogens (tertiary/aromatic N) is 4. The first kappa shape index (κ1) is 19.3. The van der Waals surface area contributed by atoms with Crippen molar-refractivity contribution >= 4 is 29.7 Å². The number of hydrogen-bond donors (Lipinski definition) is 0. The topological polar surface area (TPSA) is 52.7 Å². The van der Waals surface area contributed by atoms with Gasteiger partial charge in [0.15, 0.2) is 5.78 Å². The van der Waals surface area contributed by atoms with E-state index in [0.29, 0.717) is 11.5 Å². The van der Waals surface area contributed by atoms with Crippen LogP contribution in [0.2, 0.25) is 0 Å². The normalized spacial score (nSPS) is 16.8. The predicted molar refractivity (Wildman–Crippen MR) is 125 cm³/mol. The lowest BCUT2D eigenvalue weighted by Crippen LogP contribution is -2.16. The van der Waals surface area contributed by atoms with Crippen LogP contribution < -0.4 is 0 Å². The summed E-state index contributed by atoms with van der Waals surface area (Å²) in [5.41, 5.74) is 5.42. The summed E-state index contributed by atoms with van der Waals surface area (Å²) in [4.78, 5) is 13.1. The van der Waals surface area contributed by atoms with Gasteiger partial charge in [-0.2, -0.15) is 22.0 Å². The van der Waals surface area contributed by atoms with Crippen LogP contribution in [0.15, 0.2) is 96.6 Å². The number of aromatic nitrogens is 4. The zero-order chi connectivity index (χ0) is 21.0. The van der Waals surface area contributed by atoms with E-state index in [4.69, 9.17) is 0 Å². The van der Waals surface area contributed by atoms with E-state index in [1.165, 1.54) is 0 Å². The third kappa shape index (κ3) is 4.29. The summed E-state index contributed by atoms with van der Waals surface area (Å²) in [6.45, 7) is 0. The third-order valence-corrected chi connectivity index (χ3v) is 6.06. The molecule has 0 spiro atoms. The van der Waals surface area contributed by atoms with Crippen molar-refractivity contribution in [3.05, 3.63) is 108 Å². The zero-order valence-electron chi connectivity index (χ0n) is 16.8. The Kier molecular flexibility index (Phi) is 5.37. The van der Waals surface area contributed by atoms with Crippen LogP contribution in [0.3, 0.4) is 0 Å². The molecule has 4 aromatic rings. The van der Waals surface area contributed by atoms with E-state index < -0.39 is 0 Å². The maximum Gasteiger partial charge on any atom is 0.186 e. The van der Waals surface area contributed by atoms with Gasteiger partial charge in [0.2, 0.25) is 0 Å². The lowest BCUT2D eigenvalue weighted by atomic mass is 10.0. The van der Waals surface area contributed by atoms with E-state index in [1.54, 1.807) is 24.2 Å². The molecule has 5 nitrogen and oxygen atoms in total. The Morgan fingerprint density at radius 2 is 1.16 bits per heavy atom. The number of para-hydroxylation sites is 2. The summed E-state index contributed by atoms with van der Waals surface area (Å²) in [6.07, 6.45) is 11.4. The lowest BCUT2D eigenvalue weighted by molar-refractivity contribution is -0.112. The minimum Gasteiger partial charge on any atom is -0.289 e. The van der Waals surface area contributed by atoms with Gasteiger partial charge in [0.25, 0.3) is 0 Å². The van der Waals surface area contributed by atoms with Crippen LogP contribution in [0.5, 0.6) is 0 Å². The number of carbonyl (C=O) groups excluding carboxylic acids is 1. The second kappa shape index (κ2) is 8.62. The van der Waals surface area contributed by atoms with Crippen LogP contribution in [0, 0.1) is 0 Å². The molecular formula is C25H20N4OS. The summed E-state index contributed by atoms with van der Waals surface area (Å²) in [5, 5.41) is 8.85. The summed E-state index contributed by atoms with van der Waals surface area (Å²) in [7, 11) is 0. The number of Topliss-reactive ketones (excluding diaryl/α,β-unsaturated/α-hetero) is 1. The van der Waals surface area contributed by atoms with Crippen molar-refractivity contribution in [2.45, 2.75) is 0 Å². The molecule has 31 heavy (non-hydrogen) atoms. The Labute approximate surface area is 184 Å². The number of rotatable bonds is 4. The fourth-order valence-electron chi connectivity index (χ4n) is 3.49. The largest absolute Gasteiger partial charge is 0.289 e. The molecule has 1 saturated heterocycles. The van der Waals surface area contributed by atoms with E-state index >= 15 is 0 Å². The molecule has 0 aliphatic carbocycles. The highest BCUT2D eigenvalue weighted by molar-refractivity contribution is 7.99. The first-order valence-corrected chi connectivity index (χ1v) is 11.2. The Balaban J connectivity index is 1.37. The van der Waals surface area contributed by atoms with Crippen molar-refractivity contribution in [3.8, 4) is 11.4 Å². The molecule has 1 aliphatic heterocycles. The van der Waals surface area contributed by atoms with Gasteiger partial charge in [-0.3, -0.25) is 4.79 Å². The van der Waals surface area contributed by atoms with Crippen LogP contribution in [-0.4, -0.2) is 36.8 Å². The predicted octanol–water partition coefficient (Wildman–Crippen LogP) is 4.84. The van der Waals surface area contributed by atoms with E-state index in [2.05, 4.69) is 10.2 Å². The van der Waals surface area contributed by atoms with Gasteiger partial charge in [-0.1, -0.05) is 36.4 Å². The Bertz CT molecular complexity index is 1170. The molecule has 0 amide bonds. The molecule has 2 aromatic carbocycles. The second-order valence-corrected chi connectivity index (χ2v) is 8.25. The number of hydrogen-bond acceptors (Lipinski definition) is 4. The molecule has 5 rings (SSSR count). The monoisotopic (exact) mass is 424 g/mol. The van der Waals surface area contributed by atoms with E-state index in [-0.39, 0.29) is 5.78 Å². The standard InChI is InChI=1S/C25H20N4OS/c30-25-21(11-19-13-26-28(15-19)23-7-3-1-4-8-23)17-31-18-22(25)12-20-14-27-29(16-20)24-9-5-2-6-10-24/h1-16H,17-18H2/b21-11+,22-12+. The fraction of sp³-hybridized carbons (Fsp3) is 0.0800. The van der Waals surface area contributed by atoms with Gasteiger partial charge in [0.1, 0.15) is 0 Å². The Morgan fingerprint density at radius 3 is 1.61 bits per heavy atom. The van der Waals surface area contributed by atoms with Gasteiger partial charge in [-0.25, -0.2) is 9.36 Å². The van der Waals surface area contributed by atoms with E-state index in [1.807, 2.05) is 94.6 Å². The molecule has 0 saturated carbocycles. The highest BCUT2D eigenvalue weighted by atomic mass is 32.2. The maximum absolute atomic E-state index is 13.1. The third-order valence-electron chi connectivity index (χ3n) is 5.03. The minimum absolute atomic E-state index is 0.0960. The van der Waals surface area contributed by atoms with Crippen molar-refractivity contribution in [3.63, 3.8) is 0 Å². The molecule has 0 atom stereocenters. The van der Waals surface area contributed by atoms with Crippen LogP contribution in [0.4, 0.5) is 0 Å². The van der Waals surface area contributed by atoms with Gasteiger partial charge in [-0.15, -0.1) is 0 Å². The zero-order valence-corrected chi connectivity index (χ0v) is 17.6. The van der Waals surface area contributed by atoms with Gasteiger partial charge in [-0.05, 0) is 36.4 Å². The van der Waals surface area contributed by atoms with Crippen molar-refractivity contribution < 1.29 is 4.79 Å². The van der Waals surface area contributed by atoms with Crippen molar-refractivity contribution in [1.29, 1.82) is 0 Å². The average molecular weight is 425 g/mol. The highest BCUT2D eigenvalue weighted by Gasteiger charge is 2.21. The second-order valence-electron chi connectivity index (χ2n) is 7.27. The average Bonchev–Trinajstić information content (AvgIpc) is 3.48. The van der Waals surface area contributed by atoms with Gasteiger partial charge < -0.3 is 0 Å². The molecule has 3 heterocycles. The molecule has 0 bridgehead atoms. The summed E-state index contributed by atoms with van der Waals surface area (Å²) >= 11 is 1.75. The maximum atomic E-state index is 13.1. The SMILES string of the molecule is O=C1/C(=C/c2cnn(-c3ccccc3)c2)CSC/C1=C\c1cnn(-c2ccccc2)c1. The van der Waals surface area contributed by atoms with Crippen LogP contribution >= 0.6 is 11.8 Å². The molecule has 152 valence electrons. The van der Waals surface area contributed by atoms with E-state index in [0.717, 1.165) is 33.6 Å². The van der Waals surface area contributed by atoms with Crippen LogP contribution in [-0.2, 0) is 4.79 Å². The molecule has 1 aliphatic rings. The van der Waals surface area contributed by atoms with Crippen molar-refractivity contribution in [2.75, 3.05) is 11.5 Å². The molecule has 2 aromatic heterocycles. The number of thioether (sulfide) groups is 1. The van der Waals surface area contributed by atoms with Crippen LogP contribution in [0.25, 0.3) is 23.5 Å². The smallest absolute Gasteiger partial charge is 0.186 e. The van der Waals surface area contributed by atoms with Gasteiger partial charge in [0.05, 0.1) is 23.8 Å². The Hall–Kier alpha value is -3.64. The summed E-state index contributed by atoms with van der Waals surface area (Å²) < 4.78 is 3.64. The number of carbonyl (C=O) groups is 1. The Morgan fingerprint density at radius 1 is 0.710 bits per heavy atom. The number of benzene rings is 2. The summed E-state index contributed by atoms with van der Waals surface area (Å²) in [5.74, 6) is 1.50. The molecular weight excluding hydrogens is 404 g/mol. The highest BCUT2D eigenvalue weighted by Crippen LogP contribution is 2.27. The molecule has 6 heteroatoms. The first-order chi connectivity index (χ1) is 15.3. The van der Waals surface area contributed by atoms with Crippen molar-refractivity contribution in [1.82, 2.24) is 19.6 Å². The minimum atomic E-state index is 0.0960. The van der Waals surface area contributed by atoms with E-state index in [9.17, 15) is 4.79 Å². The molecule has 0 unspecified atom stereocenters. The molecule has 0 N–H and O–H groups in total. The number of ketones is 1. The molecule has 0 radical (unpaired) electrons. The van der Waals surface area contributed by atoms with Gasteiger partial charge in [0, 0.05) is 46.2 Å². The molecule has 1 fully saturated rings. The quantitative estimate of drug-likeness (QED) is 0.440. The van der Waals surface area contributed by atoms with Crippen molar-refractivity contribution in [2.24, 2.45) is 0 Å². The van der Waals surface area contributed by atoms with Gasteiger partial charge >= 0.3 is 0 Å². The first-order valence-electron chi connectivity index (χ1n) is 10.00. The summed E-state index contributed by atoms with van der Waals surface area (Å²) in [6, 6.07) is 19.9. The fourth-order valence-corrected chi connectivity index (χ4v) is 4.46.